The third-order valence-corrected chi connectivity index (χ3v) is 1.76. The Morgan fingerprint density at radius 2 is 2.00 bits per heavy atom. The van der Waals surface area contributed by atoms with Crippen LogP contribution in [-0.4, -0.2) is 34.3 Å². The Morgan fingerprint density at radius 3 is 2.47 bits per heavy atom. The SMILES string of the molecule is CC(C)COCCOC(=O)NS(=O)(=O)Cl. The standard InChI is InChI=1S/C7H14ClNO5S/c1-6(2)5-13-3-4-14-7(10)9-15(8,11)12/h6H,3-5H2,1-2H3,(H,9,10). The summed E-state index contributed by atoms with van der Waals surface area (Å²) in [5.41, 5.74) is 0. The van der Waals surface area contributed by atoms with Crippen molar-refractivity contribution >= 4 is 26.0 Å². The quantitative estimate of drug-likeness (QED) is 0.565. The number of hydrogen-bond donors (Lipinski definition) is 1. The van der Waals surface area contributed by atoms with Crippen LogP contribution in [0.25, 0.3) is 0 Å². The summed E-state index contributed by atoms with van der Waals surface area (Å²) in [7, 11) is 0.666. The molecule has 0 aliphatic carbocycles. The van der Waals surface area contributed by atoms with Crippen molar-refractivity contribution < 1.29 is 22.7 Å². The monoisotopic (exact) mass is 259 g/mol. The van der Waals surface area contributed by atoms with Crippen molar-refractivity contribution in [3.05, 3.63) is 0 Å². The van der Waals surface area contributed by atoms with E-state index in [0.29, 0.717) is 12.5 Å². The number of carbonyl (C=O) groups is 1. The highest BCUT2D eigenvalue weighted by molar-refractivity contribution is 8.12. The van der Waals surface area contributed by atoms with Gasteiger partial charge in [-0.1, -0.05) is 13.8 Å². The first kappa shape index (κ1) is 14.5. The van der Waals surface area contributed by atoms with Gasteiger partial charge in [-0.25, -0.2) is 9.52 Å². The highest BCUT2D eigenvalue weighted by Gasteiger charge is 2.10. The first-order chi connectivity index (χ1) is 6.81. The van der Waals surface area contributed by atoms with E-state index in [9.17, 15) is 13.2 Å². The van der Waals surface area contributed by atoms with Crippen molar-refractivity contribution in [1.29, 1.82) is 0 Å². The van der Waals surface area contributed by atoms with Gasteiger partial charge in [-0.05, 0) is 5.92 Å². The minimum atomic E-state index is -4.07. The van der Waals surface area contributed by atoms with Gasteiger partial charge in [0.15, 0.2) is 0 Å². The van der Waals surface area contributed by atoms with Gasteiger partial charge < -0.3 is 9.47 Å². The lowest BCUT2D eigenvalue weighted by Gasteiger charge is -2.07. The van der Waals surface area contributed by atoms with Crippen molar-refractivity contribution in [3.63, 3.8) is 0 Å². The van der Waals surface area contributed by atoms with Crippen LogP contribution in [0.15, 0.2) is 0 Å². The molecule has 0 aromatic heterocycles. The highest BCUT2D eigenvalue weighted by atomic mass is 35.7. The molecule has 0 bridgehead atoms. The molecule has 8 heteroatoms. The predicted octanol–water partition coefficient (Wildman–Crippen LogP) is 0.869. The average molecular weight is 260 g/mol. The summed E-state index contributed by atoms with van der Waals surface area (Å²) in [5, 5.41) is 0. The molecule has 0 saturated heterocycles. The molecular weight excluding hydrogens is 246 g/mol. The topological polar surface area (TPSA) is 81.7 Å². The molecule has 0 spiro atoms. The summed E-state index contributed by atoms with van der Waals surface area (Å²) < 4.78 is 31.7. The molecule has 0 fully saturated rings. The molecule has 0 aromatic carbocycles. The van der Waals surface area contributed by atoms with Gasteiger partial charge in [0.05, 0.1) is 6.61 Å². The molecule has 0 heterocycles. The average Bonchev–Trinajstić information content (AvgIpc) is 1.99. The Morgan fingerprint density at radius 1 is 1.40 bits per heavy atom. The number of nitrogens with one attached hydrogen (secondary N) is 1. The Bertz CT molecular complexity index is 290. The van der Waals surface area contributed by atoms with E-state index in [2.05, 4.69) is 4.74 Å². The Hall–Kier alpha value is -0.530. The molecule has 0 radical (unpaired) electrons. The molecule has 15 heavy (non-hydrogen) atoms. The van der Waals surface area contributed by atoms with Crippen LogP contribution in [0.1, 0.15) is 13.8 Å². The summed E-state index contributed by atoms with van der Waals surface area (Å²) >= 11 is 0. The van der Waals surface area contributed by atoms with Gasteiger partial charge in [-0.15, -0.1) is 0 Å². The lowest BCUT2D eigenvalue weighted by molar-refractivity contribution is 0.0625. The molecular formula is C7H14ClNO5S. The summed E-state index contributed by atoms with van der Waals surface area (Å²) in [6.45, 7) is 4.71. The largest absolute Gasteiger partial charge is 0.446 e. The Kier molecular flexibility index (Phi) is 6.62. The van der Waals surface area contributed by atoms with E-state index >= 15 is 0 Å². The van der Waals surface area contributed by atoms with Crippen molar-refractivity contribution in [2.75, 3.05) is 19.8 Å². The van der Waals surface area contributed by atoms with Crippen LogP contribution in [0.5, 0.6) is 0 Å². The number of rotatable bonds is 6. The maximum Gasteiger partial charge on any atom is 0.421 e. The Labute approximate surface area is 93.4 Å². The maximum atomic E-state index is 10.7. The van der Waals surface area contributed by atoms with E-state index in [1.165, 1.54) is 4.72 Å². The number of halogens is 1. The molecule has 0 saturated carbocycles. The fourth-order valence-electron chi connectivity index (χ4n) is 0.641. The van der Waals surface area contributed by atoms with Gasteiger partial charge in [0.1, 0.15) is 6.61 Å². The van der Waals surface area contributed by atoms with E-state index in [1.807, 2.05) is 13.8 Å². The zero-order valence-electron chi connectivity index (χ0n) is 8.53. The van der Waals surface area contributed by atoms with Gasteiger partial charge in [0.2, 0.25) is 0 Å². The van der Waals surface area contributed by atoms with Crippen LogP contribution < -0.4 is 4.72 Å². The number of amides is 1. The maximum absolute atomic E-state index is 10.7. The minimum Gasteiger partial charge on any atom is -0.446 e. The van der Waals surface area contributed by atoms with Gasteiger partial charge in [0.25, 0.3) is 0 Å². The molecule has 6 nitrogen and oxygen atoms in total. The van der Waals surface area contributed by atoms with E-state index in [-0.39, 0.29) is 13.2 Å². The molecule has 0 unspecified atom stereocenters. The van der Waals surface area contributed by atoms with Crippen LogP contribution in [-0.2, 0) is 18.7 Å². The van der Waals surface area contributed by atoms with Crippen molar-refractivity contribution in [2.24, 2.45) is 5.92 Å². The van der Waals surface area contributed by atoms with Crippen LogP contribution in [0.4, 0.5) is 4.79 Å². The lowest BCUT2D eigenvalue weighted by Crippen LogP contribution is -2.28. The van der Waals surface area contributed by atoms with E-state index in [4.69, 9.17) is 15.4 Å². The fourth-order valence-corrected chi connectivity index (χ4v) is 1.09. The summed E-state index contributed by atoms with van der Waals surface area (Å²) in [4.78, 5) is 10.7. The molecule has 0 aromatic rings. The molecule has 0 aliphatic rings. The lowest BCUT2D eigenvalue weighted by atomic mass is 10.2. The van der Waals surface area contributed by atoms with Crippen molar-refractivity contribution in [3.8, 4) is 0 Å². The summed E-state index contributed by atoms with van der Waals surface area (Å²) in [6.07, 6.45) is -1.11. The first-order valence-electron chi connectivity index (χ1n) is 4.28. The molecule has 1 N–H and O–H groups in total. The van der Waals surface area contributed by atoms with E-state index in [0.717, 1.165) is 0 Å². The molecule has 0 atom stereocenters. The second kappa shape index (κ2) is 6.86. The van der Waals surface area contributed by atoms with E-state index in [1.54, 1.807) is 0 Å². The summed E-state index contributed by atoms with van der Waals surface area (Å²) in [6, 6.07) is 0. The molecule has 0 rings (SSSR count). The van der Waals surface area contributed by atoms with Gasteiger partial charge in [-0.3, -0.25) is 0 Å². The second-order valence-corrected chi connectivity index (χ2v) is 5.44. The Balaban J connectivity index is 3.48. The van der Waals surface area contributed by atoms with Gasteiger partial charge >= 0.3 is 15.3 Å². The van der Waals surface area contributed by atoms with Crippen LogP contribution >= 0.6 is 10.7 Å². The van der Waals surface area contributed by atoms with Crippen LogP contribution in [0.2, 0.25) is 0 Å². The molecule has 0 aliphatic heterocycles. The zero-order valence-corrected chi connectivity index (χ0v) is 10.1. The zero-order chi connectivity index (χ0) is 11.9. The highest BCUT2D eigenvalue weighted by Crippen LogP contribution is 1.93. The number of ether oxygens (including phenoxy) is 2. The first-order valence-corrected chi connectivity index (χ1v) is 6.59. The molecule has 1 amide bonds. The normalized spacial score (nSPS) is 11.5. The molecule has 90 valence electrons. The van der Waals surface area contributed by atoms with Crippen LogP contribution in [0.3, 0.4) is 0 Å². The second-order valence-electron chi connectivity index (χ2n) is 3.14. The third kappa shape index (κ3) is 11.4. The van der Waals surface area contributed by atoms with Crippen molar-refractivity contribution in [2.45, 2.75) is 13.8 Å². The van der Waals surface area contributed by atoms with E-state index < -0.39 is 15.3 Å². The van der Waals surface area contributed by atoms with Crippen LogP contribution in [0, 0.1) is 5.92 Å². The van der Waals surface area contributed by atoms with Gasteiger partial charge in [-0.2, -0.15) is 8.42 Å². The number of carbonyl (C=O) groups excluding carboxylic acids is 1. The predicted molar refractivity (Wildman–Crippen MR) is 54.9 cm³/mol. The van der Waals surface area contributed by atoms with Crippen molar-refractivity contribution in [1.82, 2.24) is 4.72 Å². The number of hydrogen-bond acceptors (Lipinski definition) is 5. The summed E-state index contributed by atoms with van der Waals surface area (Å²) in [5.74, 6) is 0.391. The van der Waals surface area contributed by atoms with Gasteiger partial charge in [0, 0.05) is 17.3 Å². The minimum absolute atomic E-state index is 0.0229. The third-order valence-electron chi connectivity index (χ3n) is 1.12. The smallest absolute Gasteiger partial charge is 0.421 e. The fraction of sp³-hybridized carbons (Fsp3) is 0.857.